The molecule has 0 radical (unpaired) electrons. The summed E-state index contributed by atoms with van der Waals surface area (Å²) >= 11 is 0. The summed E-state index contributed by atoms with van der Waals surface area (Å²) in [5.41, 5.74) is 17.5. The second-order valence-corrected chi connectivity index (χ2v) is 6.18. The zero-order valence-corrected chi connectivity index (χ0v) is 16.3. The van der Waals surface area contributed by atoms with Crippen LogP contribution >= 0.6 is 0 Å². The smallest absolute Gasteiger partial charge is 0.354 e. The van der Waals surface area contributed by atoms with Crippen molar-refractivity contribution >= 4 is 17.8 Å². The van der Waals surface area contributed by atoms with Gasteiger partial charge >= 0.3 is 11.7 Å². The number of nitrogens with zero attached hydrogens (tertiary/aromatic N) is 3. The fourth-order valence-corrected chi connectivity index (χ4v) is 2.58. The van der Waals surface area contributed by atoms with Crippen molar-refractivity contribution in [1.82, 2.24) is 20.2 Å². The molecular formula is C18H27N9O2. The van der Waals surface area contributed by atoms with Crippen LogP contribution in [0.4, 0.5) is 10.6 Å². The van der Waals surface area contributed by atoms with Crippen LogP contribution in [0.2, 0.25) is 0 Å². The molecule has 29 heavy (non-hydrogen) atoms. The van der Waals surface area contributed by atoms with Gasteiger partial charge in [0, 0.05) is 13.2 Å². The Labute approximate surface area is 168 Å². The van der Waals surface area contributed by atoms with Gasteiger partial charge < -0.3 is 27.8 Å². The Morgan fingerprint density at radius 2 is 1.97 bits per heavy atom. The van der Waals surface area contributed by atoms with Crippen LogP contribution in [0, 0.1) is 0 Å². The molecule has 0 fully saturated rings. The van der Waals surface area contributed by atoms with E-state index in [0.29, 0.717) is 18.8 Å². The Morgan fingerprint density at radius 1 is 1.24 bits per heavy atom. The normalized spacial score (nSPS) is 11.5. The molecule has 1 aromatic heterocycles. The number of carbonyl (C=O) groups excluding carboxylic acids is 1. The number of nitrogens with two attached hydrogens (primary N) is 3. The minimum atomic E-state index is -0.509. The van der Waals surface area contributed by atoms with Crippen LogP contribution in [-0.2, 0) is 0 Å². The Balaban J connectivity index is 2.19. The highest BCUT2D eigenvalue weighted by Crippen LogP contribution is 2.16. The zero-order valence-electron chi connectivity index (χ0n) is 16.3. The highest BCUT2D eigenvalue weighted by atomic mass is 16.2. The quantitative estimate of drug-likeness (QED) is 0.181. The first-order valence-electron chi connectivity index (χ1n) is 9.12. The van der Waals surface area contributed by atoms with Crippen molar-refractivity contribution in [1.29, 1.82) is 0 Å². The lowest BCUT2D eigenvalue weighted by atomic mass is 10.1. The summed E-state index contributed by atoms with van der Waals surface area (Å²) in [6, 6.07) is 8.39. The monoisotopic (exact) mass is 401 g/mol. The van der Waals surface area contributed by atoms with E-state index in [1.165, 1.54) is 11.6 Å². The van der Waals surface area contributed by atoms with Crippen molar-refractivity contribution in [2.24, 2.45) is 22.2 Å². The van der Waals surface area contributed by atoms with Crippen molar-refractivity contribution in [3.63, 3.8) is 0 Å². The van der Waals surface area contributed by atoms with E-state index in [4.69, 9.17) is 17.2 Å². The van der Waals surface area contributed by atoms with E-state index in [-0.39, 0.29) is 17.8 Å². The topological polar surface area (TPSA) is 178 Å². The van der Waals surface area contributed by atoms with E-state index in [1.54, 1.807) is 24.4 Å². The number of aliphatic imine (C=N–C) groups is 1. The summed E-state index contributed by atoms with van der Waals surface area (Å²) in [7, 11) is 1.48. The highest BCUT2D eigenvalue weighted by Gasteiger charge is 2.11. The van der Waals surface area contributed by atoms with Gasteiger partial charge in [-0.25, -0.2) is 9.59 Å². The van der Waals surface area contributed by atoms with Gasteiger partial charge in [-0.15, -0.1) is 0 Å². The van der Waals surface area contributed by atoms with Gasteiger partial charge in [0.15, 0.2) is 5.96 Å². The number of carbonyl (C=O) groups is 1. The molecule has 0 aliphatic carbocycles. The second-order valence-electron chi connectivity index (χ2n) is 6.18. The van der Waals surface area contributed by atoms with Gasteiger partial charge in [-0.3, -0.25) is 14.9 Å². The number of amides is 2. The molecule has 2 amide bonds. The van der Waals surface area contributed by atoms with Crippen LogP contribution in [0.15, 0.2) is 46.3 Å². The van der Waals surface area contributed by atoms with Gasteiger partial charge in [0.25, 0.3) is 0 Å². The van der Waals surface area contributed by atoms with Crippen molar-refractivity contribution in [3.8, 4) is 5.69 Å². The molecule has 156 valence electrons. The molecule has 1 unspecified atom stereocenters. The number of anilines is 1. The molecule has 1 atom stereocenters. The maximum absolute atomic E-state index is 12.3. The zero-order chi connectivity index (χ0) is 21.2. The van der Waals surface area contributed by atoms with Gasteiger partial charge in [-0.05, 0) is 43.3 Å². The van der Waals surface area contributed by atoms with E-state index in [2.05, 4.69) is 25.9 Å². The lowest BCUT2D eigenvalue weighted by Crippen LogP contribution is -2.29. The van der Waals surface area contributed by atoms with E-state index in [1.807, 2.05) is 12.1 Å². The molecule has 0 aliphatic rings. The summed E-state index contributed by atoms with van der Waals surface area (Å²) < 4.78 is 1.38. The molecule has 0 spiro atoms. The maximum atomic E-state index is 12.3. The van der Waals surface area contributed by atoms with E-state index in [0.717, 1.165) is 18.5 Å². The van der Waals surface area contributed by atoms with Crippen LogP contribution in [0.1, 0.15) is 18.0 Å². The number of hydrogen-bond donors (Lipinski definition) is 6. The Hall–Kier alpha value is -3.44. The van der Waals surface area contributed by atoms with Crippen LogP contribution in [-0.4, -0.2) is 48.2 Å². The molecule has 0 saturated carbocycles. The number of nitrogens with one attached hydrogen (secondary N) is 3. The largest absolute Gasteiger partial charge is 0.370 e. The third-order valence-corrected chi connectivity index (χ3v) is 4.07. The van der Waals surface area contributed by atoms with Gasteiger partial charge in [-0.1, -0.05) is 12.1 Å². The summed E-state index contributed by atoms with van der Waals surface area (Å²) in [4.78, 5) is 31.6. The minimum Gasteiger partial charge on any atom is -0.370 e. The summed E-state index contributed by atoms with van der Waals surface area (Å²) in [5, 5.41) is 8.22. The molecule has 11 heteroatoms. The number of guanidine groups is 1. The SMILES string of the molecule is CNC(=O)Nc1ccn(-c2ccc(C(CN=C(N)N)NCCCN)cc2)c(=O)n1. The number of rotatable bonds is 9. The first-order valence-corrected chi connectivity index (χ1v) is 9.12. The molecule has 1 aromatic carbocycles. The number of aromatic nitrogens is 2. The van der Waals surface area contributed by atoms with Gasteiger partial charge in [0.05, 0.1) is 18.3 Å². The lowest BCUT2D eigenvalue weighted by Gasteiger charge is -2.18. The highest BCUT2D eigenvalue weighted by molar-refractivity contribution is 5.87. The molecule has 0 saturated heterocycles. The van der Waals surface area contributed by atoms with Gasteiger partial charge in [0.2, 0.25) is 0 Å². The van der Waals surface area contributed by atoms with Crippen LogP contribution < -0.4 is 38.8 Å². The number of hydrogen-bond acceptors (Lipinski definition) is 6. The average Bonchev–Trinajstić information content (AvgIpc) is 2.71. The van der Waals surface area contributed by atoms with Crippen molar-refractivity contribution in [2.75, 3.05) is 32.0 Å². The molecule has 2 aromatic rings. The van der Waals surface area contributed by atoms with E-state index < -0.39 is 11.7 Å². The maximum Gasteiger partial charge on any atom is 0.354 e. The predicted octanol–water partition coefficient (Wildman–Crippen LogP) is -0.763. The van der Waals surface area contributed by atoms with Crippen LogP contribution in [0.25, 0.3) is 5.69 Å². The fraction of sp³-hybridized carbons (Fsp3) is 0.333. The number of benzene rings is 1. The standard InChI is InChI=1S/C18H27N9O2/c1-22-17(28)25-15-7-10-27(18(29)26-15)13-5-3-12(4-6-13)14(11-24-16(20)21)23-9-2-8-19/h3-7,10,14,23H,2,8-9,11,19H2,1H3,(H4,20,21,24)(H2,22,25,26,28,29). The van der Waals surface area contributed by atoms with E-state index in [9.17, 15) is 9.59 Å². The summed E-state index contributed by atoms with van der Waals surface area (Å²) in [6.45, 7) is 1.70. The Kier molecular flexibility index (Phi) is 8.12. The molecule has 0 aliphatic heterocycles. The average molecular weight is 401 g/mol. The van der Waals surface area contributed by atoms with Crippen molar-refractivity contribution in [3.05, 3.63) is 52.6 Å². The van der Waals surface area contributed by atoms with Crippen LogP contribution in [0.3, 0.4) is 0 Å². The van der Waals surface area contributed by atoms with Gasteiger partial charge in [-0.2, -0.15) is 4.98 Å². The molecular weight excluding hydrogens is 374 g/mol. The lowest BCUT2D eigenvalue weighted by molar-refractivity contribution is 0.254. The van der Waals surface area contributed by atoms with Gasteiger partial charge in [0.1, 0.15) is 5.82 Å². The Bertz CT molecular complexity index is 889. The first kappa shape index (κ1) is 21.9. The first-order chi connectivity index (χ1) is 13.9. The molecule has 0 bridgehead atoms. The third-order valence-electron chi connectivity index (χ3n) is 4.07. The molecule has 1 heterocycles. The van der Waals surface area contributed by atoms with E-state index >= 15 is 0 Å². The predicted molar refractivity (Wildman–Crippen MR) is 113 cm³/mol. The number of urea groups is 1. The van der Waals surface area contributed by atoms with Crippen LogP contribution in [0.5, 0.6) is 0 Å². The molecule has 11 nitrogen and oxygen atoms in total. The van der Waals surface area contributed by atoms with Crippen molar-refractivity contribution in [2.45, 2.75) is 12.5 Å². The molecule has 2 rings (SSSR count). The summed E-state index contributed by atoms with van der Waals surface area (Å²) in [6.07, 6.45) is 2.37. The summed E-state index contributed by atoms with van der Waals surface area (Å²) in [5.74, 6) is 0.193. The second kappa shape index (κ2) is 10.8. The van der Waals surface area contributed by atoms with Crippen molar-refractivity contribution < 1.29 is 4.79 Å². The fourth-order valence-electron chi connectivity index (χ4n) is 2.58. The third kappa shape index (κ3) is 6.59. The molecule has 9 N–H and O–H groups in total. The Morgan fingerprint density at radius 3 is 2.55 bits per heavy atom. The minimum absolute atomic E-state index is 0.0234.